The van der Waals surface area contributed by atoms with Crippen LogP contribution >= 0.6 is 11.6 Å². The van der Waals surface area contributed by atoms with E-state index in [4.69, 9.17) is 22.1 Å². The van der Waals surface area contributed by atoms with E-state index in [1.807, 2.05) is 18.2 Å². The van der Waals surface area contributed by atoms with E-state index in [9.17, 15) is 0 Å². The Morgan fingerprint density at radius 2 is 2.25 bits per heavy atom. The maximum absolute atomic E-state index is 6.09. The summed E-state index contributed by atoms with van der Waals surface area (Å²) < 4.78 is 5.72. The molecule has 88 valence electrons. The van der Waals surface area contributed by atoms with Crippen LogP contribution in [0, 0.1) is 5.92 Å². The molecule has 0 radical (unpaired) electrons. The van der Waals surface area contributed by atoms with Gasteiger partial charge in [-0.3, -0.25) is 0 Å². The molecule has 1 fully saturated rings. The Balaban J connectivity index is 2.07. The fraction of sp³-hybridized carbons (Fsp3) is 0.538. The highest BCUT2D eigenvalue weighted by Crippen LogP contribution is 2.33. The van der Waals surface area contributed by atoms with E-state index >= 15 is 0 Å². The molecule has 2 rings (SSSR count). The average molecular weight is 240 g/mol. The predicted molar refractivity (Wildman–Crippen MR) is 67.1 cm³/mol. The van der Waals surface area contributed by atoms with Crippen LogP contribution < -0.4 is 10.5 Å². The summed E-state index contributed by atoms with van der Waals surface area (Å²) in [6.45, 7) is 3.54. The molecule has 1 aromatic carbocycles. The summed E-state index contributed by atoms with van der Waals surface area (Å²) in [6.07, 6.45) is 2.58. The summed E-state index contributed by atoms with van der Waals surface area (Å²) in [7, 11) is 0. The van der Waals surface area contributed by atoms with Gasteiger partial charge in [0.25, 0.3) is 0 Å². The van der Waals surface area contributed by atoms with Crippen LogP contribution in [-0.4, -0.2) is 13.2 Å². The second-order valence-electron chi connectivity index (χ2n) is 4.58. The Morgan fingerprint density at radius 1 is 1.50 bits per heavy atom. The lowest BCUT2D eigenvalue weighted by atomic mass is 10.0. The zero-order valence-corrected chi connectivity index (χ0v) is 10.3. The normalized spacial score (nSPS) is 17.2. The molecule has 0 aliphatic heterocycles. The Morgan fingerprint density at radius 3 is 2.88 bits per heavy atom. The van der Waals surface area contributed by atoms with Crippen LogP contribution in [0.15, 0.2) is 18.2 Å². The standard InChI is InChI=1S/C13H18ClNO/c1-9(7-15)11-4-5-12(14)13(6-11)16-8-10-2-3-10/h4-6,9-10H,2-3,7-8,15H2,1H3. The number of nitrogens with two attached hydrogens (primary N) is 1. The van der Waals surface area contributed by atoms with Crippen LogP contribution in [0.2, 0.25) is 5.02 Å². The molecule has 2 nitrogen and oxygen atoms in total. The van der Waals surface area contributed by atoms with Crippen molar-refractivity contribution >= 4 is 11.6 Å². The first kappa shape index (κ1) is 11.7. The highest BCUT2D eigenvalue weighted by molar-refractivity contribution is 6.32. The van der Waals surface area contributed by atoms with Gasteiger partial charge in [-0.05, 0) is 48.9 Å². The lowest BCUT2D eigenvalue weighted by Gasteiger charge is -2.13. The molecule has 3 heteroatoms. The summed E-state index contributed by atoms with van der Waals surface area (Å²) in [4.78, 5) is 0. The van der Waals surface area contributed by atoms with Crippen LogP contribution in [0.3, 0.4) is 0 Å². The van der Waals surface area contributed by atoms with E-state index in [0.717, 1.165) is 18.3 Å². The molecule has 1 aliphatic rings. The third-order valence-electron chi connectivity index (χ3n) is 3.05. The van der Waals surface area contributed by atoms with Crippen LogP contribution in [0.4, 0.5) is 0 Å². The quantitative estimate of drug-likeness (QED) is 0.857. The van der Waals surface area contributed by atoms with Gasteiger partial charge in [-0.2, -0.15) is 0 Å². The minimum absolute atomic E-state index is 0.348. The molecular formula is C13H18ClNO. The van der Waals surface area contributed by atoms with Gasteiger partial charge >= 0.3 is 0 Å². The maximum Gasteiger partial charge on any atom is 0.138 e. The highest BCUT2D eigenvalue weighted by atomic mass is 35.5. The van der Waals surface area contributed by atoms with Crippen molar-refractivity contribution < 1.29 is 4.74 Å². The summed E-state index contributed by atoms with van der Waals surface area (Å²) >= 11 is 6.09. The van der Waals surface area contributed by atoms with Crippen molar-refractivity contribution in [2.75, 3.05) is 13.2 Å². The van der Waals surface area contributed by atoms with Crippen molar-refractivity contribution in [3.05, 3.63) is 28.8 Å². The van der Waals surface area contributed by atoms with E-state index in [0.29, 0.717) is 17.5 Å². The Kier molecular flexibility index (Phi) is 3.72. The number of hydrogen-bond acceptors (Lipinski definition) is 2. The fourth-order valence-electron chi connectivity index (χ4n) is 1.57. The van der Waals surface area contributed by atoms with Gasteiger partial charge in [0.2, 0.25) is 0 Å². The van der Waals surface area contributed by atoms with Crippen molar-refractivity contribution in [2.45, 2.75) is 25.7 Å². The minimum atomic E-state index is 0.348. The smallest absolute Gasteiger partial charge is 0.138 e. The van der Waals surface area contributed by atoms with Crippen molar-refractivity contribution in [2.24, 2.45) is 11.7 Å². The molecule has 0 aromatic heterocycles. The molecule has 2 N–H and O–H groups in total. The Labute approximate surface area is 102 Å². The molecule has 1 aliphatic carbocycles. The zero-order chi connectivity index (χ0) is 11.5. The first-order valence-corrected chi connectivity index (χ1v) is 6.21. The zero-order valence-electron chi connectivity index (χ0n) is 9.58. The van der Waals surface area contributed by atoms with Crippen LogP contribution in [-0.2, 0) is 0 Å². The largest absolute Gasteiger partial charge is 0.492 e. The molecule has 1 atom stereocenters. The van der Waals surface area contributed by atoms with Crippen molar-refractivity contribution in [1.29, 1.82) is 0 Å². The third kappa shape index (κ3) is 2.89. The molecule has 0 amide bonds. The summed E-state index contributed by atoms with van der Waals surface area (Å²) in [5.74, 6) is 1.89. The average Bonchev–Trinajstić information content (AvgIpc) is 3.11. The lowest BCUT2D eigenvalue weighted by Crippen LogP contribution is -2.09. The molecule has 0 bridgehead atoms. The van der Waals surface area contributed by atoms with Gasteiger partial charge in [-0.25, -0.2) is 0 Å². The van der Waals surface area contributed by atoms with Crippen LogP contribution in [0.1, 0.15) is 31.2 Å². The maximum atomic E-state index is 6.09. The SMILES string of the molecule is CC(CN)c1ccc(Cl)c(OCC2CC2)c1. The van der Waals surface area contributed by atoms with E-state index in [1.165, 1.54) is 18.4 Å². The third-order valence-corrected chi connectivity index (χ3v) is 3.36. The molecule has 16 heavy (non-hydrogen) atoms. The van der Waals surface area contributed by atoms with E-state index in [1.54, 1.807) is 0 Å². The first-order chi connectivity index (χ1) is 7.70. The topological polar surface area (TPSA) is 35.2 Å². The van der Waals surface area contributed by atoms with Gasteiger partial charge in [0.15, 0.2) is 0 Å². The number of benzene rings is 1. The van der Waals surface area contributed by atoms with Gasteiger partial charge in [-0.1, -0.05) is 24.6 Å². The second-order valence-corrected chi connectivity index (χ2v) is 4.99. The Bertz CT molecular complexity index is 363. The second kappa shape index (κ2) is 5.07. The van der Waals surface area contributed by atoms with E-state index < -0.39 is 0 Å². The Hall–Kier alpha value is -0.730. The van der Waals surface area contributed by atoms with E-state index in [2.05, 4.69) is 6.92 Å². The van der Waals surface area contributed by atoms with Crippen molar-refractivity contribution in [1.82, 2.24) is 0 Å². The molecule has 1 aromatic rings. The highest BCUT2D eigenvalue weighted by Gasteiger charge is 2.22. The molecule has 1 saturated carbocycles. The monoisotopic (exact) mass is 239 g/mol. The van der Waals surface area contributed by atoms with Crippen LogP contribution in [0.5, 0.6) is 5.75 Å². The predicted octanol–water partition coefficient (Wildman–Crippen LogP) is 3.19. The molecule has 0 heterocycles. The summed E-state index contributed by atoms with van der Waals surface area (Å²) in [5.41, 5.74) is 6.84. The molecule has 0 spiro atoms. The molecule has 1 unspecified atom stereocenters. The van der Waals surface area contributed by atoms with Gasteiger partial charge in [0.05, 0.1) is 11.6 Å². The summed E-state index contributed by atoms with van der Waals surface area (Å²) in [5, 5.41) is 0.689. The number of rotatable bonds is 5. The van der Waals surface area contributed by atoms with E-state index in [-0.39, 0.29) is 0 Å². The summed E-state index contributed by atoms with van der Waals surface area (Å²) in [6, 6.07) is 5.93. The van der Waals surface area contributed by atoms with Crippen molar-refractivity contribution in [3.63, 3.8) is 0 Å². The molecular weight excluding hydrogens is 222 g/mol. The minimum Gasteiger partial charge on any atom is -0.492 e. The lowest BCUT2D eigenvalue weighted by molar-refractivity contribution is 0.299. The van der Waals surface area contributed by atoms with Gasteiger partial charge in [-0.15, -0.1) is 0 Å². The number of halogens is 1. The van der Waals surface area contributed by atoms with Gasteiger partial charge in [0, 0.05) is 0 Å². The van der Waals surface area contributed by atoms with Crippen molar-refractivity contribution in [3.8, 4) is 5.75 Å². The fourth-order valence-corrected chi connectivity index (χ4v) is 1.74. The molecule has 0 saturated heterocycles. The first-order valence-electron chi connectivity index (χ1n) is 5.83. The van der Waals surface area contributed by atoms with Gasteiger partial charge in [0.1, 0.15) is 5.75 Å². The number of ether oxygens (including phenoxy) is 1. The van der Waals surface area contributed by atoms with Gasteiger partial charge < -0.3 is 10.5 Å². The number of hydrogen-bond donors (Lipinski definition) is 1. The van der Waals surface area contributed by atoms with Crippen LogP contribution in [0.25, 0.3) is 0 Å².